The van der Waals surface area contributed by atoms with E-state index in [-0.39, 0.29) is 36.8 Å². The van der Waals surface area contributed by atoms with Crippen molar-refractivity contribution >= 4 is 42.3 Å². The van der Waals surface area contributed by atoms with Gasteiger partial charge in [0, 0.05) is 36.7 Å². The van der Waals surface area contributed by atoms with E-state index in [1.165, 1.54) is 12.8 Å². The Morgan fingerprint density at radius 3 is 2.56 bits per heavy atom. The topological polar surface area (TPSA) is 35.6 Å². The third-order valence-corrected chi connectivity index (χ3v) is 5.48. The van der Waals surface area contributed by atoms with E-state index in [9.17, 15) is 4.79 Å². The first kappa shape index (κ1) is 22.5. The molecule has 0 saturated carbocycles. The maximum absolute atomic E-state index is 12.9. The summed E-state index contributed by atoms with van der Waals surface area (Å²) in [6, 6.07) is 8.94. The number of rotatable bonds is 3. The van der Waals surface area contributed by atoms with E-state index in [4.69, 9.17) is 11.6 Å². The van der Waals surface area contributed by atoms with Crippen LogP contribution in [0.3, 0.4) is 0 Å². The van der Waals surface area contributed by atoms with Gasteiger partial charge < -0.3 is 10.2 Å². The molecule has 3 atom stereocenters. The predicted octanol–water partition coefficient (Wildman–Crippen LogP) is 3.53. The van der Waals surface area contributed by atoms with Gasteiger partial charge >= 0.3 is 0 Å². The number of halogens is 3. The molecule has 1 amide bonds. The number of likely N-dealkylation sites (tertiary alicyclic amines) is 1. The van der Waals surface area contributed by atoms with Gasteiger partial charge in [0.1, 0.15) is 0 Å². The molecule has 1 aromatic carbocycles. The maximum Gasteiger partial charge on any atom is 0.237 e. The Balaban J connectivity index is 0.00000156. The Morgan fingerprint density at radius 1 is 1.24 bits per heavy atom. The highest BCUT2D eigenvalue weighted by Gasteiger charge is 2.33. The van der Waals surface area contributed by atoms with E-state index in [2.05, 4.69) is 30.1 Å². The van der Waals surface area contributed by atoms with Gasteiger partial charge in [0.15, 0.2) is 0 Å². The minimum Gasteiger partial charge on any atom is -0.332 e. The van der Waals surface area contributed by atoms with Gasteiger partial charge in [-0.1, -0.05) is 23.7 Å². The molecule has 142 valence electrons. The van der Waals surface area contributed by atoms with Crippen LogP contribution in [0.25, 0.3) is 0 Å². The third-order valence-electron chi connectivity index (χ3n) is 5.25. The van der Waals surface area contributed by atoms with E-state index in [0.29, 0.717) is 18.6 Å². The molecular formula is C18H28Cl3N3O. The largest absolute Gasteiger partial charge is 0.332 e. The van der Waals surface area contributed by atoms with E-state index in [1.54, 1.807) is 0 Å². The molecule has 25 heavy (non-hydrogen) atoms. The van der Waals surface area contributed by atoms with Crippen LogP contribution in [0.1, 0.15) is 38.3 Å². The lowest BCUT2D eigenvalue weighted by Gasteiger charge is -2.38. The summed E-state index contributed by atoms with van der Waals surface area (Å²) in [5.41, 5.74) is 1.11. The molecule has 2 aliphatic heterocycles. The van der Waals surface area contributed by atoms with Crippen LogP contribution >= 0.6 is 36.4 Å². The van der Waals surface area contributed by atoms with Crippen LogP contribution in [0, 0.1) is 0 Å². The van der Waals surface area contributed by atoms with Gasteiger partial charge in [0.2, 0.25) is 5.91 Å². The number of hydrogen-bond acceptors (Lipinski definition) is 3. The van der Waals surface area contributed by atoms with Crippen LogP contribution in [-0.2, 0) is 4.79 Å². The van der Waals surface area contributed by atoms with Crippen LogP contribution in [0.2, 0.25) is 5.02 Å². The van der Waals surface area contributed by atoms with Crippen molar-refractivity contribution in [2.24, 2.45) is 0 Å². The van der Waals surface area contributed by atoms with Gasteiger partial charge in [0.25, 0.3) is 0 Å². The van der Waals surface area contributed by atoms with Crippen LogP contribution in [-0.4, -0.2) is 54.0 Å². The molecule has 4 nitrogen and oxygen atoms in total. The minimum absolute atomic E-state index is 0. The Labute approximate surface area is 168 Å². The van der Waals surface area contributed by atoms with Gasteiger partial charge in [0.05, 0.1) is 12.6 Å². The summed E-state index contributed by atoms with van der Waals surface area (Å²) in [5.74, 6) is 0.233. The lowest BCUT2D eigenvalue weighted by molar-refractivity contribution is -0.136. The average Bonchev–Trinajstić information content (AvgIpc) is 2.87. The SMILES string of the molecule is CC1CCC(C)N1CC(=O)N1CCNCC1c1cccc(Cl)c1.Cl.Cl. The molecule has 1 N–H and O–H groups in total. The molecule has 2 fully saturated rings. The monoisotopic (exact) mass is 407 g/mol. The molecule has 0 aromatic heterocycles. The smallest absolute Gasteiger partial charge is 0.237 e. The van der Waals surface area contributed by atoms with E-state index >= 15 is 0 Å². The summed E-state index contributed by atoms with van der Waals surface area (Å²) in [5, 5.41) is 4.12. The van der Waals surface area contributed by atoms with Crippen LogP contribution in [0.15, 0.2) is 24.3 Å². The summed E-state index contributed by atoms with van der Waals surface area (Å²) in [7, 11) is 0. The first-order chi connectivity index (χ1) is 11.1. The van der Waals surface area contributed by atoms with Crippen molar-refractivity contribution in [3.05, 3.63) is 34.9 Å². The zero-order valence-corrected chi connectivity index (χ0v) is 17.2. The Kier molecular flexibility index (Phi) is 8.99. The summed E-state index contributed by atoms with van der Waals surface area (Å²) in [6.07, 6.45) is 2.38. The average molecular weight is 409 g/mol. The fourth-order valence-electron chi connectivity index (χ4n) is 3.82. The highest BCUT2D eigenvalue weighted by molar-refractivity contribution is 6.30. The molecule has 2 saturated heterocycles. The van der Waals surface area contributed by atoms with Gasteiger partial charge in [-0.3, -0.25) is 9.69 Å². The van der Waals surface area contributed by atoms with Crippen molar-refractivity contribution in [2.75, 3.05) is 26.2 Å². The number of benzene rings is 1. The minimum atomic E-state index is 0. The van der Waals surface area contributed by atoms with Crippen LogP contribution in [0.5, 0.6) is 0 Å². The number of hydrogen-bond donors (Lipinski definition) is 1. The molecule has 3 unspecified atom stereocenters. The second-order valence-electron chi connectivity index (χ2n) is 6.81. The van der Waals surface area contributed by atoms with Gasteiger partial charge in [-0.2, -0.15) is 0 Å². The van der Waals surface area contributed by atoms with E-state index in [1.807, 2.05) is 23.1 Å². The highest BCUT2D eigenvalue weighted by Crippen LogP contribution is 2.27. The second-order valence-corrected chi connectivity index (χ2v) is 7.25. The van der Waals surface area contributed by atoms with Crippen molar-refractivity contribution in [1.82, 2.24) is 15.1 Å². The molecule has 0 radical (unpaired) electrons. The van der Waals surface area contributed by atoms with Gasteiger partial charge in [-0.05, 0) is 44.4 Å². The zero-order valence-electron chi connectivity index (χ0n) is 14.8. The lowest BCUT2D eigenvalue weighted by Crippen LogP contribution is -2.52. The number of carbonyl (C=O) groups is 1. The normalized spacial score (nSPS) is 26.7. The fraction of sp³-hybridized carbons (Fsp3) is 0.611. The molecule has 1 aromatic rings. The molecular weight excluding hydrogens is 381 g/mol. The number of piperazine rings is 1. The zero-order chi connectivity index (χ0) is 16.4. The molecule has 0 aliphatic carbocycles. The van der Waals surface area contributed by atoms with Crippen molar-refractivity contribution < 1.29 is 4.79 Å². The van der Waals surface area contributed by atoms with Crippen molar-refractivity contribution in [3.8, 4) is 0 Å². The third kappa shape index (κ3) is 5.24. The summed E-state index contributed by atoms with van der Waals surface area (Å²) in [4.78, 5) is 17.3. The summed E-state index contributed by atoms with van der Waals surface area (Å²) in [6.45, 7) is 7.38. The summed E-state index contributed by atoms with van der Waals surface area (Å²) < 4.78 is 0. The second kappa shape index (κ2) is 9.98. The fourth-order valence-corrected chi connectivity index (χ4v) is 4.02. The van der Waals surface area contributed by atoms with E-state index < -0.39 is 0 Å². The quantitative estimate of drug-likeness (QED) is 0.831. The van der Waals surface area contributed by atoms with Gasteiger partial charge in [-0.25, -0.2) is 0 Å². The van der Waals surface area contributed by atoms with E-state index in [0.717, 1.165) is 30.2 Å². The number of amides is 1. The van der Waals surface area contributed by atoms with Crippen molar-refractivity contribution in [1.29, 1.82) is 0 Å². The molecule has 0 spiro atoms. The van der Waals surface area contributed by atoms with Gasteiger partial charge in [-0.15, -0.1) is 24.8 Å². The highest BCUT2D eigenvalue weighted by atomic mass is 35.5. The van der Waals surface area contributed by atoms with Crippen molar-refractivity contribution in [3.63, 3.8) is 0 Å². The van der Waals surface area contributed by atoms with Crippen molar-refractivity contribution in [2.45, 2.75) is 44.8 Å². The predicted molar refractivity (Wildman–Crippen MR) is 108 cm³/mol. The Hall–Kier alpha value is -0.520. The Bertz CT molecular complexity index is 562. The number of carbonyl (C=O) groups excluding carboxylic acids is 1. The molecule has 2 heterocycles. The molecule has 0 bridgehead atoms. The summed E-state index contributed by atoms with van der Waals surface area (Å²) >= 11 is 6.13. The standard InChI is InChI=1S/C18H26ClN3O.2ClH/c1-13-6-7-14(2)22(13)12-18(23)21-9-8-20-11-17(21)15-4-3-5-16(19)10-15;;/h3-5,10,13-14,17,20H,6-9,11-12H2,1-2H3;2*1H. The lowest BCUT2D eigenvalue weighted by atomic mass is 10.0. The number of nitrogens with zero attached hydrogens (tertiary/aromatic N) is 2. The van der Waals surface area contributed by atoms with Crippen LogP contribution in [0.4, 0.5) is 0 Å². The first-order valence-electron chi connectivity index (χ1n) is 8.57. The first-order valence-corrected chi connectivity index (χ1v) is 8.95. The molecule has 7 heteroatoms. The number of nitrogens with one attached hydrogen (secondary N) is 1. The Morgan fingerprint density at radius 2 is 1.92 bits per heavy atom. The molecule has 3 rings (SSSR count). The molecule has 2 aliphatic rings. The van der Waals surface area contributed by atoms with Crippen LogP contribution < -0.4 is 5.32 Å². The maximum atomic E-state index is 12.9.